The highest BCUT2D eigenvalue weighted by Crippen LogP contribution is 1.94. The van der Waals surface area contributed by atoms with Crippen LogP contribution in [0.25, 0.3) is 0 Å². The zero-order valence-corrected chi connectivity index (χ0v) is 7.55. The van der Waals surface area contributed by atoms with E-state index in [1.807, 2.05) is 6.92 Å². The molecule has 66 valence electrons. The van der Waals surface area contributed by atoms with Gasteiger partial charge in [-0.15, -0.1) is 0 Å². The monoisotopic (exact) mass is 158 g/mol. The van der Waals surface area contributed by atoms with Crippen molar-refractivity contribution >= 4 is 5.91 Å². The van der Waals surface area contributed by atoms with Crippen LogP contribution in [-0.2, 0) is 4.79 Å². The maximum Gasteiger partial charge on any atom is 0.236 e. The van der Waals surface area contributed by atoms with E-state index in [-0.39, 0.29) is 11.9 Å². The van der Waals surface area contributed by atoms with Crippen LogP contribution in [0.4, 0.5) is 0 Å². The molecule has 0 fully saturated rings. The van der Waals surface area contributed by atoms with Gasteiger partial charge in [0.1, 0.15) is 0 Å². The first-order valence-corrected chi connectivity index (χ1v) is 4.13. The Kier molecular flexibility index (Phi) is 4.86. The van der Waals surface area contributed by atoms with Gasteiger partial charge < -0.3 is 11.1 Å². The Morgan fingerprint density at radius 3 is 2.45 bits per heavy atom. The summed E-state index contributed by atoms with van der Waals surface area (Å²) in [6.07, 6.45) is 2.10. The van der Waals surface area contributed by atoms with E-state index >= 15 is 0 Å². The van der Waals surface area contributed by atoms with Gasteiger partial charge in [-0.2, -0.15) is 0 Å². The van der Waals surface area contributed by atoms with Crippen LogP contribution in [0.1, 0.15) is 33.6 Å². The number of amides is 1. The lowest BCUT2D eigenvalue weighted by molar-refractivity contribution is -0.122. The summed E-state index contributed by atoms with van der Waals surface area (Å²) in [7, 11) is 0. The summed E-state index contributed by atoms with van der Waals surface area (Å²) in [5.41, 5.74) is 5.37. The molecule has 0 aliphatic carbocycles. The molecule has 3 N–H and O–H groups in total. The van der Waals surface area contributed by atoms with Crippen molar-refractivity contribution in [2.75, 3.05) is 0 Å². The topological polar surface area (TPSA) is 55.1 Å². The molecule has 0 rings (SSSR count). The fourth-order valence-corrected chi connectivity index (χ4v) is 0.879. The quantitative estimate of drug-likeness (QED) is 0.630. The molecule has 1 amide bonds. The van der Waals surface area contributed by atoms with Crippen LogP contribution in [0.2, 0.25) is 0 Å². The fraction of sp³-hybridized carbons (Fsp3) is 0.875. The Balaban J connectivity index is 3.57. The predicted octanol–water partition coefficient (Wildman–Crippen LogP) is 0.638. The predicted molar refractivity (Wildman–Crippen MR) is 46.2 cm³/mol. The van der Waals surface area contributed by atoms with Gasteiger partial charge in [0.2, 0.25) is 5.91 Å². The molecular weight excluding hydrogens is 140 g/mol. The van der Waals surface area contributed by atoms with Crippen LogP contribution < -0.4 is 11.1 Å². The number of rotatable bonds is 4. The summed E-state index contributed by atoms with van der Waals surface area (Å²) < 4.78 is 0. The van der Waals surface area contributed by atoms with Gasteiger partial charge in [-0.3, -0.25) is 4.79 Å². The number of carbonyl (C=O) groups is 1. The van der Waals surface area contributed by atoms with E-state index in [4.69, 9.17) is 5.73 Å². The van der Waals surface area contributed by atoms with Gasteiger partial charge in [-0.1, -0.05) is 13.3 Å². The molecule has 0 aromatic carbocycles. The van der Waals surface area contributed by atoms with Crippen molar-refractivity contribution in [3.63, 3.8) is 0 Å². The second kappa shape index (κ2) is 5.13. The molecule has 3 heteroatoms. The highest BCUT2D eigenvalue weighted by atomic mass is 16.2. The van der Waals surface area contributed by atoms with Crippen molar-refractivity contribution < 1.29 is 4.79 Å². The summed E-state index contributed by atoms with van der Waals surface area (Å²) in [4.78, 5) is 11.0. The second-order valence-electron chi connectivity index (χ2n) is 2.99. The third-order valence-electron chi connectivity index (χ3n) is 1.52. The molecule has 11 heavy (non-hydrogen) atoms. The molecule has 0 saturated heterocycles. The van der Waals surface area contributed by atoms with E-state index in [2.05, 4.69) is 12.2 Å². The van der Waals surface area contributed by atoms with Crippen LogP contribution in [-0.4, -0.2) is 18.0 Å². The van der Waals surface area contributed by atoms with Gasteiger partial charge in [0.25, 0.3) is 0 Å². The zero-order valence-electron chi connectivity index (χ0n) is 7.55. The van der Waals surface area contributed by atoms with Crippen molar-refractivity contribution in [2.45, 2.75) is 45.7 Å². The lowest BCUT2D eigenvalue weighted by Crippen LogP contribution is -2.42. The lowest BCUT2D eigenvalue weighted by Gasteiger charge is -2.14. The molecule has 0 aliphatic rings. The molecule has 0 aromatic heterocycles. The number of nitrogens with one attached hydrogen (secondary N) is 1. The molecular formula is C8H18N2O. The Morgan fingerprint density at radius 1 is 1.55 bits per heavy atom. The van der Waals surface area contributed by atoms with Crippen molar-refractivity contribution in [1.29, 1.82) is 0 Å². The second-order valence-corrected chi connectivity index (χ2v) is 2.99. The third-order valence-corrected chi connectivity index (χ3v) is 1.52. The SMILES string of the molecule is CCCC(C)NC(=O)C(C)N. The van der Waals surface area contributed by atoms with Crippen molar-refractivity contribution in [1.82, 2.24) is 5.32 Å². The largest absolute Gasteiger partial charge is 0.352 e. The maximum atomic E-state index is 11.0. The van der Waals surface area contributed by atoms with Crippen LogP contribution in [0.15, 0.2) is 0 Å². The van der Waals surface area contributed by atoms with Gasteiger partial charge in [0, 0.05) is 6.04 Å². The van der Waals surface area contributed by atoms with E-state index in [0.29, 0.717) is 0 Å². The Labute approximate surface area is 68.3 Å². The van der Waals surface area contributed by atoms with Crippen molar-refractivity contribution in [3.8, 4) is 0 Å². The molecule has 0 saturated carbocycles. The van der Waals surface area contributed by atoms with Gasteiger partial charge in [-0.05, 0) is 20.3 Å². The van der Waals surface area contributed by atoms with Gasteiger partial charge in [-0.25, -0.2) is 0 Å². The van der Waals surface area contributed by atoms with E-state index in [1.165, 1.54) is 0 Å². The normalized spacial score (nSPS) is 15.6. The minimum atomic E-state index is -0.394. The standard InChI is InChI=1S/C8H18N2O/c1-4-5-6(2)10-8(11)7(3)9/h6-7H,4-5,9H2,1-3H3,(H,10,11). The third kappa shape index (κ3) is 4.79. The molecule has 3 nitrogen and oxygen atoms in total. The van der Waals surface area contributed by atoms with Gasteiger partial charge >= 0.3 is 0 Å². The van der Waals surface area contributed by atoms with Gasteiger partial charge in [0.15, 0.2) is 0 Å². The average Bonchev–Trinajstić information content (AvgIpc) is 1.87. The minimum absolute atomic E-state index is 0.0639. The minimum Gasteiger partial charge on any atom is -0.352 e. The van der Waals surface area contributed by atoms with Crippen LogP contribution in [0.3, 0.4) is 0 Å². The Morgan fingerprint density at radius 2 is 2.09 bits per heavy atom. The molecule has 0 aliphatic heterocycles. The zero-order chi connectivity index (χ0) is 8.85. The highest BCUT2D eigenvalue weighted by Gasteiger charge is 2.09. The fourth-order valence-electron chi connectivity index (χ4n) is 0.879. The molecule has 2 unspecified atom stereocenters. The number of nitrogens with two attached hydrogens (primary N) is 1. The molecule has 0 aromatic rings. The maximum absolute atomic E-state index is 11.0. The Bertz CT molecular complexity index is 123. The smallest absolute Gasteiger partial charge is 0.236 e. The number of hydrogen-bond acceptors (Lipinski definition) is 2. The molecule has 0 radical (unpaired) electrons. The summed E-state index contributed by atoms with van der Waals surface area (Å²) in [5.74, 6) is -0.0639. The molecule has 2 atom stereocenters. The van der Waals surface area contributed by atoms with Crippen molar-refractivity contribution in [3.05, 3.63) is 0 Å². The van der Waals surface area contributed by atoms with E-state index in [9.17, 15) is 4.79 Å². The first kappa shape index (κ1) is 10.4. The highest BCUT2D eigenvalue weighted by molar-refractivity contribution is 5.81. The molecule has 0 bridgehead atoms. The lowest BCUT2D eigenvalue weighted by atomic mass is 10.2. The summed E-state index contributed by atoms with van der Waals surface area (Å²) in [6, 6.07) is -0.146. The van der Waals surface area contributed by atoms with Gasteiger partial charge in [0.05, 0.1) is 6.04 Å². The summed E-state index contributed by atoms with van der Waals surface area (Å²) in [6.45, 7) is 5.77. The van der Waals surface area contributed by atoms with Crippen LogP contribution in [0, 0.1) is 0 Å². The molecule has 0 spiro atoms. The number of carbonyl (C=O) groups excluding carboxylic acids is 1. The van der Waals surface area contributed by atoms with E-state index in [0.717, 1.165) is 12.8 Å². The number of hydrogen-bond donors (Lipinski definition) is 2. The van der Waals surface area contributed by atoms with E-state index in [1.54, 1.807) is 6.92 Å². The molecule has 0 heterocycles. The van der Waals surface area contributed by atoms with Crippen molar-refractivity contribution in [2.24, 2.45) is 5.73 Å². The van der Waals surface area contributed by atoms with E-state index < -0.39 is 6.04 Å². The van der Waals surface area contributed by atoms with Crippen LogP contribution >= 0.6 is 0 Å². The summed E-state index contributed by atoms with van der Waals surface area (Å²) in [5, 5.41) is 2.82. The first-order chi connectivity index (χ1) is 5.07. The average molecular weight is 158 g/mol. The summed E-state index contributed by atoms with van der Waals surface area (Å²) >= 11 is 0. The Hall–Kier alpha value is -0.570. The van der Waals surface area contributed by atoms with Crippen LogP contribution in [0.5, 0.6) is 0 Å². The first-order valence-electron chi connectivity index (χ1n) is 4.13.